The molecule has 2 N–H and O–H groups in total. The molecule has 0 aliphatic heterocycles. The highest BCUT2D eigenvalue weighted by Crippen LogP contribution is 2.22. The van der Waals surface area contributed by atoms with Crippen LogP contribution in [0.3, 0.4) is 0 Å². The number of nitrogens with one attached hydrogen (secondary N) is 2. The minimum atomic E-state index is -0.419. The zero-order valence-electron chi connectivity index (χ0n) is 12.9. The summed E-state index contributed by atoms with van der Waals surface area (Å²) in [6, 6.07) is 10.9. The van der Waals surface area contributed by atoms with Crippen molar-refractivity contribution >= 4 is 17.5 Å². The van der Waals surface area contributed by atoms with Crippen molar-refractivity contribution in [3.05, 3.63) is 59.4 Å². The Kier molecular flexibility index (Phi) is 5.30. The van der Waals surface area contributed by atoms with Gasteiger partial charge in [0.15, 0.2) is 0 Å². The van der Waals surface area contributed by atoms with Crippen molar-refractivity contribution in [1.82, 2.24) is 5.32 Å². The highest BCUT2D eigenvalue weighted by Gasteiger charge is 2.14. The van der Waals surface area contributed by atoms with Gasteiger partial charge in [-0.2, -0.15) is 0 Å². The van der Waals surface area contributed by atoms with Gasteiger partial charge in [-0.05, 0) is 24.3 Å². The van der Waals surface area contributed by atoms with Gasteiger partial charge < -0.3 is 15.4 Å². The summed E-state index contributed by atoms with van der Waals surface area (Å²) in [5.41, 5.74) is 1.13. The Hall–Kier alpha value is -2.89. The first-order chi connectivity index (χ1) is 11.0. The average Bonchev–Trinajstić information content (AvgIpc) is 2.53. The van der Waals surface area contributed by atoms with E-state index in [4.69, 9.17) is 4.74 Å². The maximum absolute atomic E-state index is 13.6. The molecule has 5 nitrogen and oxygen atoms in total. The monoisotopic (exact) mass is 316 g/mol. The first kappa shape index (κ1) is 16.5. The lowest BCUT2D eigenvalue weighted by atomic mass is 10.1. The third-order valence-corrected chi connectivity index (χ3v) is 3.16. The molecule has 0 aromatic heterocycles. The third-order valence-electron chi connectivity index (χ3n) is 3.16. The standard InChI is InChI=1S/C17H17FN2O3/c1-11(21)20-13-7-8-16(23-2)14(9-13)17(22)19-10-12-5-3-4-6-15(12)18/h3-9H,10H2,1-2H3,(H,19,22)(H,20,21). The second kappa shape index (κ2) is 7.40. The van der Waals surface area contributed by atoms with Crippen molar-refractivity contribution in [3.63, 3.8) is 0 Å². The Balaban J connectivity index is 2.17. The second-order valence-electron chi connectivity index (χ2n) is 4.87. The number of amides is 2. The molecule has 0 unspecified atom stereocenters. The van der Waals surface area contributed by atoms with Gasteiger partial charge in [-0.1, -0.05) is 18.2 Å². The predicted octanol–water partition coefficient (Wildman–Crippen LogP) is 2.72. The number of rotatable bonds is 5. The van der Waals surface area contributed by atoms with Crippen molar-refractivity contribution < 1.29 is 18.7 Å². The summed E-state index contributed by atoms with van der Waals surface area (Å²) in [6.07, 6.45) is 0. The molecule has 0 saturated heterocycles. The van der Waals surface area contributed by atoms with Crippen molar-refractivity contribution in [2.75, 3.05) is 12.4 Å². The number of ether oxygens (including phenoxy) is 1. The summed E-state index contributed by atoms with van der Waals surface area (Å²) in [4.78, 5) is 23.4. The maximum atomic E-state index is 13.6. The lowest BCUT2D eigenvalue weighted by Gasteiger charge is -2.12. The quantitative estimate of drug-likeness (QED) is 0.891. The van der Waals surface area contributed by atoms with Crippen LogP contribution in [0.5, 0.6) is 5.75 Å². The Bertz CT molecular complexity index is 732. The summed E-state index contributed by atoms with van der Waals surface area (Å²) in [6.45, 7) is 1.43. The van der Waals surface area contributed by atoms with Crippen molar-refractivity contribution in [3.8, 4) is 5.75 Å². The fraction of sp³-hybridized carbons (Fsp3) is 0.176. The normalized spacial score (nSPS) is 10.0. The molecule has 23 heavy (non-hydrogen) atoms. The molecule has 2 aromatic carbocycles. The zero-order valence-corrected chi connectivity index (χ0v) is 12.9. The number of methoxy groups -OCH3 is 1. The third kappa shape index (κ3) is 4.29. The van der Waals surface area contributed by atoms with Crippen LogP contribution in [0.4, 0.5) is 10.1 Å². The van der Waals surface area contributed by atoms with E-state index in [-0.39, 0.29) is 23.8 Å². The highest BCUT2D eigenvalue weighted by atomic mass is 19.1. The fourth-order valence-corrected chi connectivity index (χ4v) is 2.08. The number of halogens is 1. The van der Waals surface area contributed by atoms with Gasteiger partial charge in [-0.15, -0.1) is 0 Å². The van der Waals surface area contributed by atoms with Crippen LogP contribution in [0.1, 0.15) is 22.8 Å². The molecule has 0 fully saturated rings. The second-order valence-corrected chi connectivity index (χ2v) is 4.87. The van der Waals surface area contributed by atoms with Gasteiger partial charge in [-0.25, -0.2) is 4.39 Å². The van der Waals surface area contributed by atoms with Gasteiger partial charge >= 0.3 is 0 Å². The van der Waals surface area contributed by atoms with Gasteiger partial charge in [0, 0.05) is 24.7 Å². The minimum Gasteiger partial charge on any atom is -0.496 e. The van der Waals surface area contributed by atoms with E-state index in [1.165, 1.54) is 26.2 Å². The molecule has 6 heteroatoms. The van der Waals surface area contributed by atoms with E-state index in [1.54, 1.807) is 30.3 Å². The Labute approximate surface area is 133 Å². The van der Waals surface area contributed by atoms with Gasteiger partial charge in [0.25, 0.3) is 5.91 Å². The van der Waals surface area contributed by atoms with Crippen LogP contribution in [-0.4, -0.2) is 18.9 Å². The van der Waals surface area contributed by atoms with Gasteiger partial charge in [-0.3, -0.25) is 9.59 Å². The Morgan fingerprint density at radius 2 is 1.91 bits per heavy atom. The van der Waals surface area contributed by atoms with E-state index in [1.807, 2.05) is 0 Å². The van der Waals surface area contributed by atoms with Crippen LogP contribution < -0.4 is 15.4 Å². The minimum absolute atomic E-state index is 0.0546. The average molecular weight is 316 g/mol. The smallest absolute Gasteiger partial charge is 0.255 e. The number of hydrogen-bond acceptors (Lipinski definition) is 3. The SMILES string of the molecule is COc1ccc(NC(C)=O)cc1C(=O)NCc1ccccc1F. The number of anilines is 1. The van der Waals surface area contributed by atoms with Crippen LogP contribution in [0.15, 0.2) is 42.5 Å². The molecule has 0 saturated carbocycles. The Morgan fingerprint density at radius 1 is 1.17 bits per heavy atom. The van der Waals surface area contributed by atoms with Crippen molar-refractivity contribution in [2.24, 2.45) is 0 Å². The predicted molar refractivity (Wildman–Crippen MR) is 84.9 cm³/mol. The molecule has 0 bridgehead atoms. The topological polar surface area (TPSA) is 67.4 Å². The summed E-state index contributed by atoms with van der Waals surface area (Å²) < 4.78 is 18.7. The number of hydrogen-bond donors (Lipinski definition) is 2. The first-order valence-corrected chi connectivity index (χ1v) is 6.98. The molecule has 2 aromatic rings. The van der Waals surface area contributed by atoms with Gasteiger partial charge in [0.1, 0.15) is 11.6 Å². The molecule has 0 spiro atoms. The van der Waals surface area contributed by atoms with Crippen LogP contribution in [0.2, 0.25) is 0 Å². The molecular weight excluding hydrogens is 299 g/mol. The summed E-state index contributed by atoms with van der Waals surface area (Å²) in [5, 5.41) is 5.24. The lowest BCUT2D eigenvalue weighted by molar-refractivity contribution is -0.114. The van der Waals surface area contributed by atoms with Gasteiger partial charge in [0.2, 0.25) is 5.91 Å². The molecule has 0 aliphatic rings. The first-order valence-electron chi connectivity index (χ1n) is 6.98. The van der Waals surface area contributed by atoms with E-state index in [2.05, 4.69) is 10.6 Å². The Morgan fingerprint density at radius 3 is 2.57 bits per heavy atom. The summed E-state index contributed by atoms with van der Waals surface area (Å²) >= 11 is 0. The maximum Gasteiger partial charge on any atom is 0.255 e. The van der Waals surface area contributed by atoms with E-state index in [0.29, 0.717) is 17.0 Å². The van der Waals surface area contributed by atoms with Crippen LogP contribution in [-0.2, 0) is 11.3 Å². The molecule has 0 heterocycles. The number of carbonyl (C=O) groups excluding carboxylic acids is 2. The van der Waals surface area contributed by atoms with E-state index < -0.39 is 5.91 Å². The van der Waals surface area contributed by atoms with Crippen molar-refractivity contribution in [2.45, 2.75) is 13.5 Å². The molecular formula is C17H17FN2O3. The fourth-order valence-electron chi connectivity index (χ4n) is 2.08. The zero-order chi connectivity index (χ0) is 16.8. The molecule has 2 rings (SSSR count). The molecule has 0 radical (unpaired) electrons. The molecule has 2 amide bonds. The largest absolute Gasteiger partial charge is 0.496 e. The van der Waals surface area contributed by atoms with Gasteiger partial charge in [0.05, 0.1) is 12.7 Å². The van der Waals surface area contributed by atoms with Crippen LogP contribution >= 0.6 is 0 Å². The van der Waals surface area contributed by atoms with Crippen LogP contribution in [0, 0.1) is 5.82 Å². The number of benzene rings is 2. The number of carbonyl (C=O) groups is 2. The van der Waals surface area contributed by atoms with E-state index in [0.717, 1.165) is 0 Å². The van der Waals surface area contributed by atoms with E-state index >= 15 is 0 Å². The van der Waals surface area contributed by atoms with Crippen molar-refractivity contribution in [1.29, 1.82) is 0 Å². The lowest BCUT2D eigenvalue weighted by Crippen LogP contribution is -2.24. The molecule has 0 atom stereocenters. The highest BCUT2D eigenvalue weighted by molar-refractivity contribution is 5.99. The summed E-state index contributed by atoms with van der Waals surface area (Å²) in [7, 11) is 1.45. The molecule has 0 aliphatic carbocycles. The molecule has 120 valence electrons. The van der Waals surface area contributed by atoms with E-state index in [9.17, 15) is 14.0 Å². The van der Waals surface area contributed by atoms with Crippen LogP contribution in [0.25, 0.3) is 0 Å². The summed E-state index contributed by atoms with van der Waals surface area (Å²) in [5.74, 6) is -0.679.